The lowest BCUT2D eigenvalue weighted by Crippen LogP contribution is -2.39. The molecule has 2 nitrogen and oxygen atoms in total. The zero-order valence-corrected chi connectivity index (χ0v) is 13.1. The third-order valence-corrected chi connectivity index (χ3v) is 4.75. The Balaban J connectivity index is 1.96. The van der Waals surface area contributed by atoms with Crippen LogP contribution in [0.3, 0.4) is 0 Å². The summed E-state index contributed by atoms with van der Waals surface area (Å²) in [5.41, 5.74) is 0.872. The number of halogens is 2. The molecule has 1 saturated heterocycles. The quantitative estimate of drug-likeness (QED) is 0.879. The van der Waals surface area contributed by atoms with E-state index in [1.165, 1.54) is 25.9 Å². The van der Waals surface area contributed by atoms with E-state index in [1.807, 2.05) is 18.2 Å². The summed E-state index contributed by atoms with van der Waals surface area (Å²) in [5.74, 6) is 0.690. The Bertz CT molecular complexity index is 394. The number of hydrogen-bond acceptors (Lipinski definition) is 2. The van der Waals surface area contributed by atoms with Gasteiger partial charge in [-0.25, -0.2) is 0 Å². The van der Waals surface area contributed by atoms with Gasteiger partial charge in [0.1, 0.15) is 0 Å². The molecule has 1 heterocycles. The molecule has 1 N–H and O–H groups in total. The first-order valence-corrected chi connectivity index (χ1v) is 7.80. The van der Waals surface area contributed by atoms with Crippen LogP contribution in [-0.4, -0.2) is 30.6 Å². The van der Waals surface area contributed by atoms with E-state index in [1.54, 1.807) is 0 Å². The van der Waals surface area contributed by atoms with Crippen molar-refractivity contribution in [3.63, 3.8) is 0 Å². The fraction of sp³-hybridized carbons (Fsp3) is 0.600. The summed E-state index contributed by atoms with van der Waals surface area (Å²) in [5, 5.41) is 4.90. The molecule has 1 aromatic carbocycles. The van der Waals surface area contributed by atoms with E-state index in [0.717, 1.165) is 12.2 Å². The Morgan fingerprint density at radius 2 is 1.84 bits per heavy atom. The maximum absolute atomic E-state index is 6.20. The number of anilines is 1. The molecule has 1 aromatic rings. The van der Waals surface area contributed by atoms with Gasteiger partial charge in [0.25, 0.3) is 0 Å². The molecule has 0 amide bonds. The van der Waals surface area contributed by atoms with Gasteiger partial charge in [-0.15, -0.1) is 0 Å². The largest absolute Gasteiger partial charge is 0.380 e. The molecule has 2 rings (SSSR count). The standard InChI is InChI=1S/C15H22Cl2N2/c1-3-19-9-7-12(8-10-19)11(2)18-15-13(16)5-4-6-14(15)17/h4-6,11-12,18H,3,7-10H2,1-2H3. The van der Waals surface area contributed by atoms with Crippen molar-refractivity contribution in [3.05, 3.63) is 28.2 Å². The van der Waals surface area contributed by atoms with Gasteiger partial charge in [-0.1, -0.05) is 36.2 Å². The van der Waals surface area contributed by atoms with Crippen molar-refractivity contribution < 1.29 is 0 Å². The van der Waals surface area contributed by atoms with Crippen molar-refractivity contribution in [1.29, 1.82) is 0 Å². The number of nitrogens with one attached hydrogen (secondary N) is 1. The van der Waals surface area contributed by atoms with Crippen LogP contribution >= 0.6 is 23.2 Å². The molecule has 0 aliphatic carbocycles. The number of hydrogen-bond donors (Lipinski definition) is 1. The summed E-state index contributed by atoms with van der Waals surface area (Å²) in [6, 6.07) is 6.03. The van der Waals surface area contributed by atoms with Crippen LogP contribution in [0.4, 0.5) is 5.69 Å². The normalized spacial score (nSPS) is 19.4. The van der Waals surface area contributed by atoms with Gasteiger partial charge in [0.15, 0.2) is 0 Å². The summed E-state index contributed by atoms with van der Waals surface area (Å²) in [6.07, 6.45) is 2.48. The highest BCUT2D eigenvalue weighted by Gasteiger charge is 2.23. The molecule has 1 aliphatic rings. The van der Waals surface area contributed by atoms with Gasteiger partial charge >= 0.3 is 0 Å². The van der Waals surface area contributed by atoms with Gasteiger partial charge in [-0.2, -0.15) is 0 Å². The second-order valence-electron chi connectivity index (χ2n) is 5.30. The van der Waals surface area contributed by atoms with E-state index in [4.69, 9.17) is 23.2 Å². The lowest BCUT2D eigenvalue weighted by molar-refractivity contribution is 0.183. The molecule has 19 heavy (non-hydrogen) atoms. The number of nitrogens with zero attached hydrogens (tertiary/aromatic N) is 1. The van der Waals surface area contributed by atoms with Crippen molar-refractivity contribution in [3.8, 4) is 0 Å². The van der Waals surface area contributed by atoms with Crippen LogP contribution in [0.5, 0.6) is 0 Å². The Morgan fingerprint density at radius 1 is 1.26 bits per heavy atom. The molecule has 0 saturated carbocycles. The minimum Gasteiger partial charge on any atom is -0.380 e. The van der Waals surface area contributed by atoms with Crippen molar-refractivity contribution >= 4 is 28.9 Å². The van der Waals surface area contributed by atoms with Gasteiger partial charge in [0.2, 0.25) is 0 Å². The van der Waals surface area contributed by atoms with Gasteiger partial charge in [-0.05, 0) is 57.5 Å². The summed E-state index contributed by atoms with van der Waals surface area (Å²) in [7, 11) is 0. The van der Waals surface area contributed by atoms with Crippen LogP contribution in [0.25, 0.3) is 0 Å². The summed E-state index contributed by atoms with van der Waals surface area (Å²) >= 11 is 12.4. The van der Waals surface area contributed by atoms with E-state index in [-0.39, 0.29) is 0 Å². The smallest absolute Gasteiger partial charge is 0.0721 e. The number of rotatable bonds is 4. The molecule has 4 heteroatoms. The van der Waals surface area contributed by atoms with Crippen molar-refractivity contribution in [2.24, 2.45) is 5.92 Å². The molecule has 0 radical (unpaired) electrons. The molecular formula is C15H22Cl2N2. The summed E-state index contributed by atoms with van der Waals surface area (Å²) in [4.78, 5) is 2.51. The van der Waals surface area contributed by atoms with Gasteiger partial charge < -0.3 is 10.2 Å². The van der Waals surface area contributed by atoms with Crippen molar-refractivity contribution in [2.75, 3.05) is 25.0 Å². The van der Waals surface area contributed by atoms with E-state index in [9.17, 15) is 0 Å². The number of piperidine rings is 1. The summed E-state index contributed by atoms with van der Waals surface area (Å²) < 4.78 is 0. The molecule has 1 unspecified atom stereocenters. The van der Waals surface area contributed by atoms with E-state index in [0.29, 0.717) is 22.0 Å². The highest BCUT2D eigenvalue weighted by Crippen LogP contribution is 2.32. The third-order valence-electron chi connectivity index (χ3n) is 4.12. The fourth-order valence-electron chi connectivity index (χ4n) is 2.75. The van der Waals surface area contributed by atoms with Gasteiger partial charge in [0.05, 0.1) is 15.7 Å². The number of likely N-dealkylation sites (tertiary alicyclic amines) is 1. The first-order valence-electron chi connectivity index (χ1n) is 7.04. The average Bonchev–Trinajstić information content (AvgIpc) is 2.43. The Hall–Kier alpha value is -0.440. The molecular weight excluding hydrogens is 279 g/mol. The van der Waals surface area contributed by atoms with Crippen LogP contribution in [0, 0.1) is 5.92 Å². The molecule has 0 spiro atoms. The van der Waals surface area contributed by atoms with Crippen LogP contribution in [0.15, 0.2) is 18.2 Å². The minimum atomic E-state index is 0.399. The maximum Gasteiger partial charge on any atom is 0.0721 e. The second kappa shape index (κ2) is 6.83. The minimum absolute atomic E-state index is 0.399. The maximum atomic E-state index is 6.20. The number of benzene rings is 1. The van der Waals surface area contributed by atoms with Crippen LogP contribution in [0.2, 0.25) is 10.0 Å². The molecule has 1 fully saturated rings. The highest BCUT2D eigenvalue weighted by molar-refractivity contribution is 6.39. The fourth-order valence-corrected chi connectivity index (χ4v) is 3.26. The van der Waals surface area contributed by atoms with E-state index < -0.39 is 0 Å². The van der Waals surface area contributed by atoms with Gasteiger partial charge in [-0.3, -0.25) is 0 Å². The predicted molar refractivity (Wildman–Crippen MR) is 84.4 cm³/mol. The SMILES string of the molecule is CCN1CCC(C(C)Nc2c(Cl)cccc2Cl)CC1. The number of para-hydroxylation sites is 1. The lowest BCUT2D eigenvalue weighted by Gasteiger charge is -2.35. The van der Waals surface area contributed by atoms with Crippen molar-refractivity contribution in [2.45, 2.75) is 32.7 Å². The first kappa shape index (κ1) is 15.0. The zero-order valence-electron chi connectivity index (χ0n) is 11.6. The average molecular weight is 301 g/mol. The van der Waals surface area contributed by atoms with Crippen molar-refractivity contribution in [1.82, 2.24) is 4.90 Å². The predicted octanol–water partition coefficient (Wildman–Crippen LogP) is 4.53. The highest BCUT2D eigenvalue weighted by atomic mass is 35.5. The molecule has 0 bridgehead atoms. The Kier molecular flexibility index (Phi) is 5.37. The van der Waals surface area contributed by atoms with Crippen LogP contribution in [-0.2, 0) is 0 Å². The van der Waals surface area contributed by atoms with Crippen LogP contribution < -0.4 is 5.32 Å². The second-order valence-corrected chi connectivity index (χ2v) is 6.12. The topological polar surface area (TPSA) is 15.3 Å². The molecule has 106 valence electrons. The molecule has 1 aliphatic heterocycles. The zero-order chi connectivity index (χ0) is 13.8. The van der Waals surface area contributed by atoms with E-state index >= 15 is 0 Å². The molecule has 0 aromatic heterocycles. The monoisotopic (exact) mass is 300 g/mol. The Morgan fingerprint density at radius 3 is 2.37 bits per heavy atom. The first-order chi connectivity index (χ1) is 9.11. The van der Waals surface area contributed by atoms with Crippen LogP contribution in [0.1, 0.15) is 26.7 Å². The Labute approximate surface area is 126 Å². The van der Waals surface area contributed by atoms with E-state index in [2.05, 4.69) is 24.1 Å². The third kappa shape index (κ3) is 3.77. The summed E-state index contributed by atoms with van der Waals surface area (Å²) in [6.45, 7) is 8.01. The van der Waals surface area contributed by atoms with Gasteiger partial charge in [0, 0.05) is 6.04 Å². The lowest BCUT2D eigenvalue weighted by atomic mass is 9.90. The molecule has 1 atom stereocenters.